The van der Waals surface area contributed by atoms with Crippen LogP contribution >= 0.6 is 0 Å². The second-order valence-electron chi connectivity index (χ2n) is 6.81. The first kappa shape index (κ1) is 19.6. The van der Waals surface area contributed by atoms with Crippen LogP contribution in [0.2, 0.25) is 0 Å². The lowest BCUT2D eigenvalue weighted by atomic mass is 9.93. The topological polar surface area (TPSA) is 24.5 Å². The number of rotatable bonds is 6. The second kappa shape index (κ2) is 8.61. The molecule has 1 N–H and O–H groups in total. The maximum Gasteiger partial charge on any atom is 0.573 e. The van der Waals surface area contributed by atoms with E-state index in [9.17, 15) is 13.2 Å². The largest absolute Gasteiger partial charge is 0.573 e. The lowest BCUT2D eigenvalue weighted by Crippen LogP contribution is -2.28. The van der Waals surface area contributed by atoms with Gasteiger partial charge in [-0.15, -0.1) is 13.2 Å². The molecule has 0 radical (unpaired) electrons. The van der Waals surface area contributed by atoms with Crippen molar-refractivity contribution in [1.29, 1.82) is 0 Å². The van der Waals surface area contributed by atoms with Crippen LogP contribution in [0.4, 0.5) is 18.9 Å². The van der Waals surface area contributed by atoms with Gasteiger partial charge >= 0.3 is 6.36 Å². The minimum atomic E-state index is -4.66. The molecule has 0 aromatic heterocycles. The molecule has 0 amide bonds. The van der Waals surface area contributed by atoms with Crippen LogP contribution in [0.15, 0.2) is 36.0 Å². The molecule has 140 valence electrons. The third kappa shape index (κ3) is 6.27. The van der Waals surface area contributed by atoms with E-state index in [4.69, 9.17) is 0 Å². The van der Waals surface area contributed by atoms with Gasteiger partial charge in [-0.2, -0.15) is 0 Å². The lowest BCUT2D eigenvalue weighted by Gasteiger charge is -2.28. The molecule has 1 aromatic rings. The van der Waals surface area contributed by atoms with Gasteiger partial charge in [-0.05, 0) is 68.5 Å². The molecule has 25 heavy (non-hydrogen) atoms. The number of nitrogens with zero attached hydrogens (tertiary/aromatic N) is 1. The van der Waals surface area contributed by atoms with Gasteiger partial charge in [0.2, 0.25) is 0 Å². The highest BCUT2D eigenvalue weighted by atomic mass is 19.4. The van der Waals surface area contributed by atoms with Crippen LogP contribution in [0.3, 0.4) is 0 Å². The molecule has 1 aliphatic heterocycles. The highest BCUT2D eigenvalue weighted by Crippen LogP contribution is 2.28. The van der Waals surface area contributed by atoms with E-state index in [-0.39, 0.29) is 5.75 Å². The fourth-order valence-electron chi connectivity index (χ4n) is 3.19. The predicted molar refractivity (Wildman–Crippen MR) is 94.7 cm³/mol. The van der Waals surface area contributed by atoms with Crippen molar-refractivity contribution in [2.75, 3.05) is 25.0 Å². The van der Waals surface area contributed by atoms with E-state index in [1.54, 1.807) is 12.1 Å². The van der Waals surface area contributed by atoms with Gasteiger partial charge in [0.05, 0.1) is 0 Å². The first-order valence-electron chi connectivity index (χ1n) is 8.76. The van der Waals surface area contributed by atoms with E-state index in [1.807, 2.05) is 11.9 Å². The minimum Gasteiger partial charge on any atom is -0.406 e. The number of nitrogens with one attached hydrogen (secondary N) is 1. The summed E-state index contributed by atoms with van der Waals surface area (Å²) in [6, 6.07) is 6.01. The quantitative estimate of drug-likeness (QED) is 0.780. The number of hydrogen-bond donors (Lipinski definition) is 1. The average Bonchev–Trinajstić information content (AvgIpc) is 2.54. The van der Waals surface area contributed by atoms with Gasteiger partial charge < -0.3 is 15.0 Å². The van der Waals surface area contributed by atoms with Crippen molar-refractivity contribution in [2.24, 2.45) is 11.8 Å². The van der Waals surface area contributed by atoms with Crippen LogP contribution < -0.4 is 15.0 Å². The highest BCUT2D eigenvalue weighted by molar-refractivity contribution is 5.53. The van der Waals surface area contributed by atoms with Crippen molar-refractivity contribution in [1.82, 2.24) is 5.32 Å². The molecule has 1 aromatic carbocycles. The summed E-state index contributed by atoms with van der Waals surface area (Å²) in [5, 5.41) is 3.37. The van der Waals surface area contributed by atoms with Gasteiger partial charge in [0, 0.05) is 18.4 Å². The van der Waals surface area contributed by atoms with E-state index < -0.39 is 6.36 Å². The first-order valence-corrected chi connectivity index (χ1v) is 8.76. The van der Waals surface area contributed by atoms with Crippen molar-refractivity contribution in [3.8, 4) is 5.75 Å². The van der Waals surface area contributed by atoms with Crippen LogP contribution in [-0.2, 0) is 0 Å². The summed E-state index contributed by atoms with van der Waals surface area (Å²) in [4.78, 5) is 2.04. The molecule has 1 heterocycles. The van der Waals surface area contributed by atoms with Crippen molar-refractivity contribution in [2.45, 2.75) is 39.5 Å². The predicted octanol–water partition coefficient (Wildman–Crippen LogP) is 4.95. The maximum atomic E-state index is 12.3. The molecule has 1 fully saturated rings. The molecule has 2 rings (SSSR count). The number of benzene rings is 1. The van der Waals surface area contributed by atoms with Gasteiger partial charge in [-0.1, -0.05) is 19.9 Å². The van der Waals surface area contributed by atoms with Crippen LogP contribution in [0.25, 0.3) is 0 Å². The van der Waals surface area contributed by atoms with Crippen LogP contribution in [-0.4, -0.2) is 26.5 Å². The number of halogens is 3. The number of allylic oxidation sites excluding steroid dienone is 2. The number of alkyl halides is 3. The summed E-state index contributed by atoms with van der Waals surface area (Å²) in [5.74, 6) is 0.832. The SMILES string of the molecule is CC(C)/C(=C/CC1CCNCC1)N(C)c1ccc(OC(F)(F)F)cc1. The highest BCUT2D eigenvalue weighted by Gasteiger charge is 2.31. The van der Waals surface area contributed by atoms with Crippen molar-refractivity contribution < 1.29 is 17.9 Å². The van der Waals surface area contributed by atoms with E-state index in [2.05, 4.69) is 30.0 Å². The fraction of sp³-hybridized carbons (Fsp3) is 0.579. The van der Waals surface area contributed by atoms with Gasteiger partial charge in [0.1, 0.15) is 5.75 Å². The molecule has 0 saturated carbocycles. The molecule has 1 aliphatic rings. The van der Waals surface area contributed by atoms with Gasteiger partial charge in [-0.25, -0.2) is 0 Å². The molecule has 0 unspecified atom stereocenters. The number of hydrogen-bond acceptors (Lipinski definition) is 3. The Morgan fingerprint density at radius 2 is 1.84 bits per heavy atom. The molecule has 0 aliphatic carbocycles. The van der Waals surface area contributed by atoms with E-state index in [0.29, 0.717) is 11.8 Å². The average molecular weight is 356 g/mol. The van der Waals surface area contributed by atoms with Crippen molar-refractivity contribution in [3.63, 3.8) is 0 Å². The number of piperidine rings is 1. The molecule has 0 spiro atoms. The summed E-state index contributed by atoms with van der Waals surface area (Å²) in [7, 11) is 1.95. The standard InChI is InChI=1S/C19H27F3N2O/c1-14(2)18(9-4-15-10-12-23-13-11-15)24(3)16-5-7-17(8-6-16)25-19(20,21)22/h5-9,14-15,23H,4,10-13H2,1-3H3/b18-9-. The van der Waals surface area contributed by atoms with E-state index in [0.717, 1.165) is 25.2 Å². The second-order valence-corrected chi connectivity index (χ2v) is 6.81. The van der Waals surface area contributed by atoms with E-state index in [1.165, 1.54) is 30.7 Å². The summed E-state index contributed by atoms with van der Waals surface area (Å²) in [5.41, 5.74) is 2.03. The Bertz CT molecular complexity index is 561. The molecular formula is C19H27F3N2O. The zero-order valence-electron chi connectivity index (χ0n) is 15.1. The van der Waals surface area contributed by atoms with Crippen molar-refractivity contribution >= 4 is 5.69 Å². The molecule has 0 atom stereocenters. The Kier molecular flexibility index (Phi) is 6.76. The van der Waals surface area contributed by atoms with E-state index >= 15 is 0 Å². The molecule has 3 nitrogen and oxygen atoms in total. The summed E-state index contributed by atoms with van der Waals surface area (Å²) in [6.45, 7) is 6.41. The minimum absolute atomic E-state index is 0.200. The van der Waals surface area contributed by atoms with Crippen LogP contribution in [0, 0.1) is 11.8 Å². The first-order chi connectivity index (χ1) is 11.8. The Morgan fingerprint density at radius 1 is 1.24 bits per heavy atom. The Labute approximate surface area is 147 Å². The molecule has 6 heteroatoms. The Hall–Kier alpha value is -1.69. The van der Waals surface area contributed by atoms with Gasteiger partial charge in [-0.3, -0.25) is 0 Å². The zero-order valence-corrected chi connectivity index (χ0v) is 15.1. The summed E-state index contributed by atoms with van der Waals surface area (Å²) < 4.78 is 40.7. The third-order valence-electron chi connectivity index (χ3n) is 4.56. The molecule has 0 bridgehead atoms. The van der Waals surface area contributed by atoms with Crippen molar-refractivity contribution in [3.05, 3.63) is 36.0 Å². The monoisotopic (exact) mass is 356 g/mol. The summed E-state index contributed by atoms with van der Waals surface area (Å²) >= 11 is 0. The lowest BCUT2D eigenvalue weighted by molar-refractivity contribution is -0.274. The smallest absolute Gasteiger partial charge is 0.406 e. The fourth-order valence-corrected chi connectivity index (χ4v) is 3.19. The van der Waals surface area contributed by atoms with Gasteiger partial charge in [0.15, 0.2) is 0 Å². The third-order valence-corrected chi connectivity index (χ3v) is 4.56. The maximum absolute atomic E-state index is 12.3. The summed E-state index contributed by atoms with van der Waals surface area (Å²) in [6.07, 6.45) is 1.03. The number of anilines is 1. The van der Waals surface area contributed by atoms with Crippen LogP contribution in [0.5, 0.6) is 5.75 Å². The zero-order chi connectivity index (χ0) is 18.4. The normalized spacial score (nSPS) is 17.0. The number of ether oxygens (including phenoxy) is 1. The Balaban J connectivity index is 2.07. The molecular weight excluding hydrogens is 329 g/mol. The Morgan fingerprint density at radius 3 is 2.36 bits per heavy atom. The van der Waals surface area contributed by atoms with Gasteiger partial charge in [0.25, 0.3) is 0 Å². The van der Waals surface area contributed by atoms with Crippen LogP contribution in [0.1, 0.15) is 33.1 Å². The molecule has 1 saturated heterocycles.